The van der Waals surface area contributed by atoms with E-state index in [1.807, 2.05) is 0 Å². The highest BCUT2D eigenvalue weighted by Crippen LogP contribution is 2.26. The maximum atomic E-state index is 13.3. The summed E-state index contributed by atoms with van der Waals surface area (Å²) < 4.78 is 18.5. The Labute approximate surface area is 198 Å². The number of amides is 1. The number of hydrogen-bond donors (Lipinski definition) is 1. The second-order valence-corrected chi connectivity index (χ2v) is 8.31. The Morgan fingerprint density at radius 3 is 2.15 bits per heavy atom. The summed E-state index contributed by atoms with van der Waals surface area (Å²) >= 11 is 1.23. The third-order valence-electron chi connectivity index (χ3n) is 5.27. The number of carbonyl (C=O) groups excluding carboxylic acids is 1. The summed E-state index contributed by atoms with van der Waals surface area (Å²) in [5.41, 5.74) is 0.687. The van der Waals surface area contributed by atoms with Gasteiger partial charge in [0.05, 0.1) is 33.4 Å². The number of anilines is 1. The number of fused-ring (bicyclic) bond motifs is 1. The van der Waals surface area contributed by atoms with Crippen molar-refractivity contribution in [2.24, 2.45) is 0 Å². The lowest BCUT2D eigenvalue weighted by atomic mass is 10.2. The average Bonchev–Trinajstić information content (AvgIpc) is 3.34. The Kier molecular flexibility index (Phi) is 6.69. The van der Waals surface area contributed by atoms with Crippen LogP contribution in [0.3, 0.4) is 0 Å². The first-order valence-electron chi connectivity index (χ1n) is 10.3. The first-order valence-corrected chi connectivity index (χ1v) is 11.2. The molecule has 2 aromatic carbocycles. The molecule has 0 unspecified atom stereocenters. The largest absolute Gasteiger partial charge is 0.497 e. The second-order valence-electron chi connectivity index (χ2n) is 7.39. The number of aromatic nitrogens is 2. The van der Waals surface area contributed by atoms with E-state index in [-0.39, 0.29) is 18.6 Å². The number of thiophene rings is 1. The van der Waals surface area contributed by atoms with Crippen LogP contribution in [0, 0.1) is 0 Å². The number of carbonyl (C=O) groups is 1. The summed E-state index contributed by atoms with van der Waals surface area (Å²) in [6, 6.07) is 13.7. The van der Waals surface area contributed by atoms with Gasteiger partial charge in [-0.05, 0) is 29.1 Å². The van der Waals surface area contributed by atoms with Crippen LogP contribution in [0.5, 0.6) is 17.2 Å². The molecule has 2 aromatic heterocycles. The second kappa shape index (κ2) is 9.84. The highest BCUT2D eigenvalue weighted by atomic mass is 32.1. The van der Waals surface area contributed by atoms with Crippen LogP contribution in [-0.2, 0) is 17.9 Å². The fourth-order valence-electron chi connectivity index (χ4n) is 3.56. The average molecular weight is 482 g/mol. The van der Waals surface area contributed by atoms with Gasteiger partial charge >= 0.3 is 5.69 Å². The van der Waals surface area contributed by atoms with Gasteiger partial charge in [-0.15, -0.1) is 11.3 Å². The van der Waals surface area contributed by atoms with Crippen molar-refractivity contribution in [2.75, 3.05) is 26.6 Å². The van der Waals surface area contributed by atoms with Crippen molar-refractivity contribution in [1.82, 2.24) is 9.13 Å². The van der Waals surface area contributed by atoms with E-state index in [2.05, 4.69) is 5.32 Å². The summed E-state index contributed by atoms with van der Waals surface area (Å²) in [7, 11) is 4.59. The molecule has 2 heterocycles. The maximum Gasteiger partial charge on any atom is 0.332 e. The van der Waals surface area contributed by atoms with Crippen LogP contribution in [0.15, 0.2) is 63.5 Å². The number of nitrogens with zero attached hydrogens (tertiary/aromatic N) is 2. The van der Waals surface area contributed by atoms with Gasteiger partial charge in [-0.1, -0.05) is 12.1 Å². The molecule has 176 valence electrons. The number of rotatable bonds is 8. The summed E-state index contributed by atoms with van der Waals surface area (Å²) in [6.07, 6.45) is 0. The molecule has 0 spiro atoms. The van der Waals surface area contributed by atoms with Gasteiger partial charge in [-0.3, -0.25) is 18.7 Å². The van der Waals surface area contributed by atoms with E-state index in [4.69, 9.17) is 14.2 Å². The lowest BCUT2D eigenvalue weighted by Crippen LogP contribution is -2.41. The van der Waals surface area contributed by atoms with Gasteiger partial charge in [0, 0.05) is 23.9 Å². The fraction of sp³-hybridized carbons (Fsp3) is 0.208. The van der Waals surface area contributed by atoms with Crippen molar-refractivity contribution >= 4 is 33.1 Å². The molecule has 1 amide bonds. The molecular weight excluding hydrogens is 458 g/mol. The van der Waals surface area contributed by atoms with E-state index in [0.717, 1.165) is 10.1 Å². The van der Waals surface area contributed by atoms with Crippen molar-refractivity contribution in [1.29, 1.82) is 0 Å². The van der Waals surface area contributed by atoms with Crippen LogP contribution in [-0.4, -0.2) is 36.4 Å². The third kappa shape index (κ3) is 4.67. The zero-order valence-corrected chi connectivity index (χ0v) is 19.7. The first-order chi connectivity index (χ1) is 16.4. The summed E-state index contributed by atoms with van der Waals surface area (Å²) in [6.45, 7) is -0.196. The molecule has 0 fully saturated rings. The Bertz CT molecular complexity index is 1430. The van der Waals surface area contributed by atoms with Crippen LogP contribution in [0.1, 0.15) is 5.56 Å². The number of methoxy groups -OCH3 is 3. The normalized spacial score (nSPS) is 10.8. The fourth-order valence-corrected chi connectivity index (χ4v) is 4.41. The summed E-state index contributed by atoms with van der Waals surface area (Å²) in [5, 5.41) is 4.49. The minimum Gasteiger partial charge on any atom is -0.497 e. The summed E-state index contributed by atoms with van der Waals surface area (Å²) in [4.78, 5) is 39.2. The quantitative estimate of drug-likeness (QED) is 0.415. The molecule has 9 nitrogen and oxygen atoms in total. The minimum absolute atomic E-state index is 0.0736. The Balaban J connectivity index is 1.67. The summed E-state index contributed by atoms with van der Waals surface area (Å²) in [5.74, 6) is 1.27. The SMILES string of the molecule is COc1ccc(Cn2c(=O)c3sccc3n(CC(=O)Nc3cc(OC)cc(OC)c3)c2=O)cc1. The van der Waals surface area contributed by atoms with E-state index in [1.54, 1.807) is 61.0 Å². The highest BCUT2D eigenvalue weighted by Gasteiger charge is 2.17. The molecule has 0 saturated heterocycles. The van der Waals surface area contributed by atoms with Gasteiger partial charge in [0.25, 0.3) is 5.56 Å². The molecule has 0 atom stereocenters. The lowest BCUT2D eigenvalue weighted by molar-refractivity contribution is -0.116. The Morgan fingerprint density at radius 2 is 1.53 bits per heavy atom. The van der Waals surface area contributed by atoms with E-state index in [0.29, 0.717) is 33.2 Å². The van der Waals surface area contributed by atoms with E-state index in [1.165, 1.54) is 30.1 Å². The number of hydrogen-bond acceptors (Lipinski definition) is 7. The molecule has 0 aliphatic rings. The minimum atomic E-state index is -0.565. The number of ether oxygens (including phenoxy) is 3. The van der Waals surface area contributed by atoms with Gasteiger partial charge in [0.2, 0.25) is 5.91 Å². The zero-order chi connectivity index (χ0) is 24.2. The third-order valence-corrected chi connectivity index (χ3v) is 6.16. The van der Waals surface area contributed by atoms with E-state index >= 15 is 0 Å². The van der Waals surface area contributed by atoms with Gasteiger partial charge in [0.1, 0.15) is 28.5 Å². The van der Waals surface area contributed by atoms with Crippen LogP contribution in [0.4, 0.5) is 5.69 Å². The predicted molar refractivity (Wildman–Crippen MR) is 131 cm³/mol. The van der Waals surface area contributed by atoms with Gasteiger partial charge in [-0.2, -0.15) is 0 Å². The van der Waals surface area contributed by atoms with Crippen LogP contribution in [0.2, 0.25) is 0 Å². The Morgan fingerprint density at radius 1 is 0.882 bits per heavy atom. The van der Waals surface area contributed by atoms with Crippen molar-refractivity contribution in [3.8, 4) is 17.2 Å². The molecule has 34 heavy (non-hydrogen) atoms. The monoisotopic (exact) mass is 481 g/mol. The Hall–Kier alpha value is -4.05. The molecule has 4 rings (SSSR count). The van der Waals surface area contributed by atoms with Gasteiger partial charge in [-0.25, -0.2) is 4.79 Å². The van der Waals surface area contributed by atoms with Crippen LogP contribution < -0.4 is 30.8 Å². The van der Waals surface area contributed by atoms with Crippen molar-refractivity contribution in [3.63, 3.8) is 0 Å². The number of benzene rings is 2. The van der Waals surface area contributed by atoms with E-state index in [9.17, 15) is 14.4 Å². The number of nitrogens with one attached hydrogen (secondary N) is 1. The van der Waals surface area contributed by atoms with Crippen LogP contribution in [0.25, 0.3) is 10.2 Å². The maximum absolute atomic E-state index is 13.3. The zero-order valence-electron chi connectivity index (χ0n) is 18.9. The predicted octanol–water partition coefficient (Wildman–Crippen LogP) is 2.94. The smallest absolute Gasteiger partial charge is 0.332 e. The van der Waals surface area contributed by atoms with Crippen molar-refractivity contribution in [3.05, 3.63) is 80.3 Å². The van der Waals surface area contributed by atoms with Gasteiger partial charge < -0.3 is 19.5 Å². The molecule has 0 saturated carbocycles. The molecule has 0 bridgehead atoms. The van der Waals surface area contributed by atoms with Crippen molar-refractivity contribution in [2.45, 2.75) is 13.1 Å². The molecular formula is C24H23N3O6S. The molecule has 4 aromatic rings. The topological polar surface area (TPSA) is 101 Å². The molecule has 0 aliphatic carbocycles. The molecule has 0 aliphatic heterocycles. The van der Waals surface area contributed by atoms with Crippen LogP contribution >= 0.6 is 11.3 Å². The highest BCUT2D eigenvalue weighted by molar-refractivity contribution is 7.17. The molecule has 1 N–H and O–H groups in total. The molecule has 0 radical (unpaired) electrons. The van der Waals surface area contributed by atoms with Crippen molar-refractivity contribution < 1.29 is 19.0 Å². The first kappa shape index (κ1) is 23.1. The van der Waals surface area contributed by atoms with E-state index < -0.39 is 11.6 Å². The van der Waals surface area contributed by atoms with Gasteiger partial charge in [0.15, 0.2) is 0 Å². The standard InChI is InChI=1S/C24H23N3O6S/c1-31-17-6-4-15(5-7-17)13-27-23(29)22-20(8-9-34-22)26(24(27)30)14-21(28)25-16-10-18(32-2)12-19(11-16)33-3/h4-12H,13-14H2,1-3H3,(H,25,28). The lowest BCUT2D eigenvalue weighted by Gasteiger charge is -2.13. The molecule has 10 heteroatoms.